The minimum atomic E-state index is -4.77. The fraction of sp³-hybridized carbons (Fsp3) is 0.600. The Kier molecular flexibility index (Phi) is 5.95. The van der Waals surface area contributed by atoms with Crippen LogP contribution in [0.2, 0.25) is 0 Å². The van der Waals surface area contributed by atoms with Crippen LogP contribution in [0.15, 0.2) is 15.8 Å². The van der Waals surface area contributed by atoms with Gasteiger partial charge in [-0.05, 0) is 6.92 Å². The van der Waals surface area contributed by atoms with Gasteiger partial charge in [-0.15, -0.1) is 0 Å². The predicted octanol–water partition coefficient (Wildman–Crippen LogP) is -0.991. The van der Waals surface area contributed by atoms with Gasteiger partial charge in [0.1, 0.15) is 12.3 Å². The summed E-state index contributed by atoms with van der Waals surface area (Å²) in [5.41, 5.74) is -1.03. The average Bonchev–Trinajstić information content (AvgIpc) is 2.80. The average molecular weight is 386 g/mol. The number of phosphoric acid groups is 1. The molecule has 1 aromatic rings. The van der Waals surface area contributed by atoms with Crippen molar-refractivity contribution >= 4 is 16.1 Å². The Morgan fingerprint density at radius 1 is 1.54 bits per heavy atom. The lowest BCUT2D eigenvalue weighted by Gasteiger charge is -2.17. The highest BCUT2D eigenvalue weighted by atomic mass is 31.2. The Labute approximate surface area is 135 Å². The molecule has 136 valence electrons. The van der Waals surface area contributed by atoms with Crippen molar-refractivity contribution in [2.45, 2.75) is 31.8 Å². The molecule has 5 atom stereocenters. The molecule has 2 heterocycles. The monoisotopic (exact) mass is 386 g/mol. The topological polar surface area (TPSA) is 177 Å². The first-order valence-electron chi connectivity index (χ1n) is 6.64. The first-order chi connectivity index (χ1) is 11.1. The summed E-state index contributed by atoms with van der Waals surface area (Å²) in [6, 6.07) is 0. The van der Waals surface area contributed by atoms with Gasteiger partial charge in [-0.3, -0.25) is 23.4 Å². The van der Waals surface area contributed by atoms with E-state index in [1.807, 2.05) is 0 Å². The summed E-state index contributed by atoms with van der Waals surface area (Å²) < 4.78 is 36.5. The smallest absolute Gasteiger partial charge is 0.390 e. The van der Waals surface area contributed by atoms with Crippen LogP contribution in [0.5, 0.6) is 0 Å². The van der Waals surface area contributed by atoms with Crippen LogP contribution in [-0.4, -0.2) is 43.3 Å². The zero-order valence-electron chi connectivity index (χ0n) is 12.3. The molecular formula is C10H16N2O10P2. The van der Waals surface area contributed by atoms with E-state index in [0.717, 1.165) is 4.57 Å². The number of rotatable bonds is 6. The number of aryl methyl sites for hydroxylation is 1. The third kappa shape index (κ3) is 4.71. The zero-order chi connectivity index (χ0) is 18.1. The maximum absolute atomic E-state index is 11.8. The first kappa shape index (κ1) is 19.2. The summed E-state index contributed by atoms with van der Waals surface area (Å²) in [5, 5.41) is 9.90. The van der Waals surface area contributed by atoms with Crippen LogP contribution in [0.4, 0.5) is 0 Å². The fourth-order valence-electron chi connectivity index (χ4n) is 2.13. The van der Waals surface area contributed by atoms with Crippen molar-refractivity contribution in [1.29, 1.82) is 0 Å². The summed E-state index contributed by atoms with van der Waals surface area (Å²) in [7, 11) is -8.46. The molecule has 12 nitrogen and oxygen atoms in total. The minimum Gasteiger partial charge on any atom is -0.390 e. The van der Waals surface area contributed by atoms with Crippen LogP contribution < -0.4 is 11.2 Å². The van der Waals surface area contributed by atoms with Crippen LogP contribution in [0.3, 0.4) is 0 Å². The van der Waals surface area contributed by atoms with Crippen molar-refractivity contribution in [3.8, 4) is 0 Å². The van der Waals surface area contributed by atoms with Gasteiger partial charge in [0.25, 0.3) is 5.56 Å². The summed E-state index contributed by atoms with van der Waals surface area (Å²) in [5.74, 6) is 0. The lowest BCUT2D eigenvalue weighted by molar-refractivity contribution is -0.0447. The van der Waals surface area contributed by atoms with E-state index >= 15 is 0 Å². The van der Waals surface area contributed by atoms with E-state index in [1.54, 1.807) is 0 Å². The molecule has 1 aliphatic rings. The number of ether oxygens (including phenoxy) is 1. The Hall–Kier alpha value is -1.10. The Bertz CT molecular complexity index is 789. The number of hydrogen-bond acceptors (Lipinski definition) is 8. The number of nitrogens with zero attached hydrogens (tertiary/aromatic N) is 1. The van der Waals surface area contributed by atoms with Gasteiger partial charge in [-0.1, -0.05) is 0 Å². The van der Waals surface area contributed by atoms with Crippen LogP contribution in [0, 0.1) is 6.92 Å². The summed E-state index contributed by atoms with van der Waals surface area (Å²) in [6.07, 6.45) is -1.92. The summed E-state index contributed by atoms with van der Waals surface area (Å²) in [6.45, 7) is 0.870. The molecule has 0 spiro atoms. The minimum absolute atomic E-state index is 0.0351. The van der Waals surface area contributed by atoms with Crippen LogP contribution >= 0.6 is 16.1 Å². The fourth-order valence-corrected chi connectivity index (χ4v) is 3.46. The van der Waals surface area contributed by atoms with E-state index < -0.39 is 52.4 Å². The van der Waals surface area contributed by atoms with E-state index in [9.17, 15) is 23.8 Å². The van der Waals surface area contributed by atoms with E-state index in [-0.39, 0.29) is 12.0 Å². The Morgan fingerprint density at radius 2 is 2.21 bits per heavy atom. The van der Waals surface area contributed by atoms with E-state index in [1.165, 1.54) is 13.1 Å². The number of aliphatic hydroxyl groups excluding tert-OH is 1. The Morgan fingerprint density at radius 3 is 2.83 bits per heavy atom. The lowest BCUT2D eigenvalue weighted by atomic mass is 10.2. The second kappa shape index (κ2) is 7.42. The molecule has 4 N–H and O–H groups in total. The highest BCUT2D eigenvalue weighted by Crippen LogP contribution is 2.51. The highest BCUT2D eigenvalue weighted by Gasteiger charge is 2.38. The highest BCUT2D eigenvalue weighted by molar-refractivity contribution is 7.55. The van der Waals surface area contributed by atoms with Gasteiger partial charge in [0.05, 0.1) is 12.7 Å². The molecule has 1 saturated heterocycles. The second-order valence-corrected chi connectivity index (χ2v) is 7.49. The maximum Gasteiger partial charge on any atom is 0.479 e. The molecule has 0 radical (unpaired) electrons. The zero-order valence-corrected chi connectivity index (χ0v) is 14.2. The van der Waals surface area contributed by atoms with Crippen molar-refractivity contribution in [2.75, 3.05) is 6.61 Å². The van der Waals surface area contributed by atoms with Crippen molar-refractivity contribution < 1.29 is 37.6 Å². The molecule has 0 saturated carbocycles. The largest absolute Gasteiger partial charge is 0.479 e. The standard InChI is InChI=1S/C10H16N2O10P2/c1-5-3-12(10(15)11-9(5)14)8-2-6(13)7(21-8)4-20-24(18,19)22-23(16)17/h3,6-8,13,23H,2,4H2,1H3,(H,16,17)(H,18,19)(H,11,14,15)/t6?,7-,8-/m1/s1. The van der Waals surface area contributed by atoms with Gasteiger partial charge >= 0.3 is 21.8 Å². The van der Waals surface area contributed by atoms with E-state index in [0.29, 0.717) is 0 Å². The van der Waals surface area contributed by atoms with Crippen LogP contribution in [0.1, 0.15) is 18.2 Å². The van der Waals surface area contributed by atoms with Gasteiger partial charge in [0, 0.05) is 18.2 Å². The first-order valence-corrected chi connectivity index (χ1v) is 9.40. The Balaban J connectivity index is 2.06. The van der Waals surface area contributed by atoms with E-state index in [2.05, 4.69) is 13.8 Å². The molecule has 0 aromatic carbocycles. The molecule has 1 fully saturated rings. The molecule has 1 aliphatic heterocycles. The molecule has 14 heteroatoms. The molecule has 0 amide bonds. The molecule has 3 unspecified atom stereocenters. The molecule has 0 aliphatic carbocycles. The third-order valence-electron chi connectivity index (χ3n) is 3.26. The molecule has 2 rings (SSSR count). The molecular weight excluding hydrogens is 370 g/mol. The third-order valence-corrected chi connectivity index (χ3v) is 5.28. The number of aromatic amines is 1. The molecule has 0 bridgehead atoms. The van der Waals surface area contributed by atoms with Crippen molar-refractivity contribution in [3.63, 3.8) is 0 Å². The molecule has 1 aromatic heterocycles. The predicted molar refractivity (Wildman–Crippen MR) is 78.7 cm³/mol. The maximum atomic E-state index is 11.8. The number of phosphoric ester groups is 1. The van der Waals surface area contributed by atoms with E-state index in [4.69, 9.17) is 14.5 Å². The normalized spacial score (nSPS) is 27.8. The summed E-state index contributed by atoms with van der Waals surface area (Å²) in [4.78, 5) is 42.8. The lowest BCUT2D eigenvalue weighted by Crippen LogP contribution is -2.33. The van der Waals surface area contributed by atoms with Gasteiger partial charge in [0.15, 0.2) is 0 Å². The second-order valence-electron chi connectivity index (χ2n) is 5.03. The SMILES string of the molecule is Cc1cn([C@H]2CC(O)[C@@H](COP(=O)(O)O[PH](=O)O)O2)c(=O)[nH]c1=O. The van der Waals surface area contributed by atoms with Gasteiger partial charge < -0.3 is 19.6 Å². The molecule has 24 heavy (non-hydrogen) atoms. The van der Waals surface area contributed by atoms with Crippen LogP contribution in [0.25, 0.3) is 0 Å². The van der Waals surface area contributed by atoms with Gasteiger partial charge in [0.2, 0.25) is 0 Å². The quantitative estimate of drug-likeness (QED) is 0.444. The number of aromatic nitrogens is 2. The van der Waals surface area contributed by atoms with Crippen molar-refractivity contribution in [1.82, 2.24) is 9.55 Å². The van der Waals surface area contributed by atoms with Crippen molar-refractivity contribution in [2.24, 2.45) is 0 Å². The van der Waals surface area contributed by atoms with Gasteiger partial charge in [-0.2, -0.15) is 0 Å². The van der Waals surface area contributed by atoms with Crippen LogP contribution in [-0.2, 0) is 22.7 Å². The number of nitrogens with one attached hydrogen (secondary N) is 1. The number of hydrogen-bond donors (Lipinski definition) is 4. The summed E-state index contributed by atoms with van der Waals surface area (Å²) >= 11 is 0. The number of H-pyrrole nitrogens is 1. The van der Waals surface area contributed by atoms with Crippen molar-refractivity contribution in [3.05, 3.63) is 32.6 Å². The van der Waals surface area contributed by atoms with Gasteiger partial charge in [-0.25, -0.2) is 13.7 Å². The number of aliphatic hydroxyl groups is 1.